The molecule has 1 atom stereocenters. The Hall–Kier alpha value is -2.37. The Morgan fingerprint density at radius 2 is 2.30 bits per heavy atom. The number of nitrogens with zero attached hydrogens (tertiary/aromatic N) is 3. The molecule has 0 spiro atoms. The first-order valence-electron chi connectivity index (χ1n) is 8.11. The fourth-order valence-corrected chi connectivity index (χ4v) is 3.39. The second-order valence-corrected chi connectivity index (χ2v) is 6.29. The summed E-state index contributed by atoms with van der Waals surface area (Å²) < 4.78 is 7.60. The molecular formula is C17H20N4O2. The molecule has 2 aliphatic rings. The van der Waals surface area contributed by atoms with Crippen molar-refractivity contribution in [1.82, 2.24) is 20.1 Å². The third-order valence-corrected chi connectivity index (χ3v) is 4.62. The zero-order valence-corrected chi connectivity index (χ0v) is 13.2. The fourth-order valence-electron chi connectivity index (χ4n) is 3.39. The molecule has 2 aromatic rings. The molecule has 0 saturated heterocycles. The fraction of sp³-hybridized carbons (Fsp3) is 0.471. The highest BCUT2D eigenvalue weighted by Crippen LogP contribution is 2.26. The Labute approximate surface area is 134 Å². The van der Waals surface area contributed by atoms with Crippen molar-refractivity contribution in [2.45, 2.75) is 45.2 Å². The van der Waals surface area contributed by atoms with Crippen LogP contribution in [0.4, 0.5) is 0 Å². The second kappa shape index (κ2) is 5.68. The summed E-state index contributed by atoms with van der Waals surface area (Å²) >= 11 is 0. The van der Waals surface area contributed by atoms with E-state index >= 15 is 0 Å². The minimum absolute atomic E-state index is 0.0723. The summed E-state index contributed by atoms with van der Waals surface area (Å²) in [7, 11) is 0. The van der Waals surface area contributed by atoms with Gasteiger partial charge in [-0.2, -0.15) is 0 Å². The van der Waals surface area contributed by atoms with Crippen molar-refractivity contribution in [3.63, 3.8) is 0 Å². The number of aryl methyl sites for hydroxylation is 2. The van der Waals surface area contributed by atoms with E-state index in [1.165, 1.54) is 5.56 Å². The van der Waals surface area contributed by atoms with Crippen LogP contribution in [0.1, 0.15) is 29.2 Å². The summed E-state index contributed by atoms with van der Waals surface area (Å²) in [6, 6.07) is 6.19. The van der Waals surface area contributed by atoms with Crippen LogP contribution in [0.5, 0.6) is 5.75 Å². The highest BCUT2D eigenvalue weighted by molar-refractivity contribution is 5.79. The van der Waals surface area contributed by atoms with Crippen molar-refractivity contribution in [1.29, 1.82) is 0 Å². The predicted molar refractivity (Wildman–Crippen MR) is 84.4 cm³/mol. The normalized spacial score (nSPS) is 18.9. The van der Waals surface area contributed by atoms with Crippen LogP contribution in [-0.2, 0) is 30.6 Å². The van der Waals surface area contributed by atoms with Crippen molar-refractivity contribution in [3.05, 3.63) is 41.0 Å². The van der Waals surface area contributed by atoms with Crippen LogP contribution in [0, 0.1) is 6.92 Å². The topological polar surface area (TPSA) is 69.0 Å². The Morgan fingerprint density at radius 3 is 3.22 bits per heavy atom. The average molecular weight is 312 g/mol. The molecule has 4 rings (SSSR count). The van der Waals surface area contributed by atoms with E-state index in [0.29, 0.717) is 6.42 Å². The van der Waals surface area contributed by atoms with Crippen LogP contribution in [-0.4, -0.2) is 33.3 Å². The van der Waals surface area contributed by atoms with Crippen molar-refractivity contribution in [3.8, 4) is 5.75 Å². The molecule has 23 heavy (non-hydrogen) atoms. The number of fused-ring (bicyclic) bond motifs is 2. The number of aromatic nitrogens is 3. The first-order chi connectivity index (χ1) is 11.2. The van der Waals surface area contributed by atoms with Gasteiger partial charge in [0.15, 0.2) is 0 Å². The van der Waals surface area contributed by atoms with Gasteiger partial charge < -0.3 is 14.6 Å². The average Bonchev–Trinajstić information content (AvgIpc) is 3.14. The molecule has 0 bridgehead atoms. The third-order valence-electron chi connectivity index (χ3n) is 4.62. The molecule has 0 aliphatic carbocycles. The highest BCUT2D eigenvalue weighted by Gasteiger charge is 2.23. The van der Waals surface area contributed by atoms with Crippen molar-refractivity contribution >= 4 is 5.91 Å². The van der Waals surface area contributed by atoms with Crippen molar-refractivity contribution in [2.24, 2.45) is 0 Å². The van der Waals surface area contributed by atoms with Gasteiger partial charge in [-0.25, -0.2) is 0 Å². The van der Waals surface area contributed by atoms with E-state index in [1.807, 2.05) is 19.1 Å². The van der Waals surface area contributed by atoms with Gasteiger partial charge in [0.2, 0.25) is 5.91 Å². The number of carbonyl (C=O) groups is 1. The van der Waals surface area contributed by atoms with Crippen LogP contribution in [0.2, 0.25) is 0 Å². The quantitative estimate of drug-likeness (QED) is 0.924. The first-order valence-corrected chi connectivity index (χ1v) is 8.11. The van der Waals surface area contributed by atoms with Gasteiger partial charge in [0.05, 0.1) is 13.0 Å². The lowest BCUT2D eigenvalue weighted by molar-refractivity contribution is -0.121. The SMILES string of the molecule is Cc1nnc2n1C[C@@H](NC(=O)Cc1ccc3c(c1)CCO3)CC2. The van der Waals surface area contributed by atoms with Gasteiger partial charge in [-0.3, -0.25) is 4.79 Å². The van der Waals surface area contributed by atoms with E-state index in [0.717, 1.165) is 55.4 Å². The standard InChI is InChI=1S/C17H20N4O2/c1-11-19-20-16-5-3-14(10-21(11)16)18-17(22)9-12-2-4-15-13(8-12)6-7-23-15/h2,4,8,14H,3,5-7,9-10H2,1H3,(H,18,22)/t14-/m0/s1. The molecule has 6 nitrogen and oxygen atoms in total. The van der Waals surface area contributed by atoms with Gasteiger partial charge in [-0.15, -0.1) is 10.2 Å². The van der Waals surface area contributed by atoms with Gasteiger partial charge in [0.25, 0.3) is 0 Å². The van der Waals surface area contributed by atoms with E-state index in [-0.39, 0.29) is 11.9 Å². The van der Waals surface area contributed by atoms with Gasteiger partial charge in [0, 0.05) is 25.4 Å². The number of ether oxygens (including phenoxy) is 1. The lowest BCUT2D eigenvalue weighted by Gasteiger charge is -2.25. The monoisotopic (exact) mass is 312 g/mol. The lowest BCUT2D eigenvalue weighted by Crippen LogP contribution is -2.41. The van der Waals surface area contributed by atoms with Gasteiger partial charge in [-0.05, 0) is 30.5 Å². The summed E-state index contributed by atoms with van der Waals surface area (Å²) in [6.07, 6.45) is 3.13. The number of carbonyl (C=O) groups excluding carboxylic acids is 1. The Bertz CT molecular complexity index is 753. The largest absolute Gasteiger partial charge is 0.493 e. The second-order valence-electron chi connectivity index (χ2n) is 6.29. The smallest absolute Gasteiger partial charge is 0.224 e. The molecule has 1 N–H and O–H groups in total. The maximum atomic E-state index is 12.3. The van der Waals surface area contributed by atoms with Crippen molar-refractivity contribution < 1.29 is 9.53 Å². The van der Waals surface area contributed by atoms with E-state index in [2.05, 4.69) is 26.1 Å². The highest BCUT2D eigenvalue weighted by atomic mass is 16.5. The summed E-state index contributed by atoms with van der Waals surface area (Å²) in [5.74, 6) is 2.96. The van der Waals surface area contributed by atoms with Crippen LogP contribution in [0.25, 0.3) is 0 Å². The number of hydrogen-bond acceptors (Lipinski definition) is 4. The van der Waals surface area contributed by atoms with Crippen LogP contribution in [0.3, 0.4) is 0 Å². The zero-order valence-electron chi connectivity index (χ0n) is 13.2. The Morgan fingerprint density at radius 1 is 1.39 bits per heavy atom. The molecule has 2 aliphatic heterocycles. The number of nitrogens with one attached hydrogen (secondary N) is 1. The molecule has 3 heterocycles. The molecule has 0 fully saturated rings. The van der Waals surface area contributed by atoms with E-state index in [4.69, 9.17) is 4.74 Å². The van der Waals surface area contributed by atoms with Gasteiger partial charge >= 0.3 is 0 Å². The van der Waals surface area contributed by atoms with E-state index < -0.39 is 0 Å². The molecule has 0 saturated carbocycles. The molecule has 1 aromatic carbocycles. The number of benzene rings is 1. The maximum Gasteiger partial charge on any atom is 0.224 e. The minimum Gasteiger partial charge on any atom is -0.493 e. The van der Waals surface area contributed by atoms with Crippen LogP contribution in [0.15, 0.2) is 18.2 Å². The number of amides is 1. The Balaban J connectivity index is 1.38. The summed E-state index contributed by atoms with van der Waals surface area (Å²) in [5, 5.41) is 11.4. The molecule has 0 radical (unpaired) electrons. The van der Waals surface area contributed by atoms with Crippen LogP contribution < -0.4 is 10.1 Å². The third kappa shape index (κ3) is 2.81. The predicted octanol–water partition coefficient (Wildman–Crippen LogP) is 1.20. The molecular weight excluding hydrogens is 292 g/mol. The van der Waals surface area contributed by atoms with Crippen molar-refractivity contribution in [2.75, 3.05) is 6.61 Å². The number of rotatable bonds is 3. The first kappa shape index (κ1) is 14.2. The lowest BCUT2D eigenvalue weighted by atomic mass is 10.0. The molecule has 0 unspecified atom stereocenters. The summed E-state index contributed by atoms with van der Waals surface area (Å²) in [6.45, 7) is 3.46. The van der Waals surface area contributed by atoms with Gasteiger partial charge in [-0.1, -0.05) is 12.1 Å². The van der Waals surface area contributed by atoms with E-state index in [1.54, 1.807) is 0 Å². The van der Waals surface area contributed by atoms with Gasteiger partial charge in [0.1, 0.15) is 17.4 Å². The number of hydrogen-bond donors (Lipinski definition) is 1. The molecule has 1 aromatic heterocycles. The summed E-state index contributed by atoms with van der Waals surface area (Å²) in [5.41, 5.74) is 2.25. The zero-order chi connectivity index (χ0) is 15.8. The Kier molecular flexibility index (Phi) is 3.52. The van der Waals surface area contributed by atoms with E-state index in [9.17, 15) is 4.79 Å². The van der Waals surface area contributed by atoms with Crippen LogP contribution >= 0.6 is 0 Å². The maximum absolute atomic E-state index is 12.3. The minimum atomic E-state index is 0.0723. The summed E-state index contributed by atoms with van der Waals surface area (Å²) in [4.78, 5) is 12.3. The molecule has 1 amide bonds. The molecule has 120 valence electrons. The molecule has 6 heteroatoms.